The number of hydrogen-bond acceptors (Lipinski definition) is 0. The lowest BCUT2D eigenvalue weighted by atomic mass is 10.0. The predicted octanol–water partition coefficient (Wildman–Crippen LogP) is 2.74. The van der Waals surface area contributed by atoms with Gasteiger partial charge in [-0.2, -0.15) is 0 Å². The zero-order valence-corrected chi connectivity index (χ0v) is 24.6. The van der Waals surface area contributed by atoms with Crippen molar-refractivity contribution in [3.8, 4) is 0 Å². The fraction of sp³-hybridized carbons (Fsp3) is 0.471. The SMILES string of the molecule is [Cl-].[Cl-].c1ccc2c[n+](CCCCCCCCCCCCCCCC[n+]3ccc4ccccc4c3)ccc2c1. The van der Waals surface area contributed by atoms with E-state index in [-0.39, 0.29) is 24.8 Å². The Kier molecular flexibility index (Phi) is 16.0. The highest BCUT2D eigenvalue weighted by Crippen LogP contribution is 2.14. The molecule has 0 saturated heterocycles. The summed E-state index contributed by atoms with van der Waals surface area (Å²) in [7, 11) is 0. The van der Waals surface area contributed by atoms with Crippen molar-refractivity contribution in [1.29, 1.82) is 0 Å². The van der Waals surface area contributed by atoms with Gasteiger partial charge in [-0.1, -0.05) is 101 Å². The number of pyridine rings is 2. The molecular weight excluding hydrogens is 507 g/mol. The van der Waals surface area contributed by atoms with Gasteiger partial charge in [0.2, 0.25) is 0 Å². The number of aryl methyl sites for hydroxylation is 2. The monoisotopic (exact) mass is 552 g/mol. The van der Waals surface area contributed by atoms with Crippen LogP contribution in [-0.4, -0.2) is 0 Å². The second kappa shape index (κ2) is 19.0. The standard InChI is InChI=1S/C34H46N2.2ClH/c1(3-5-7-9-11-17-25-35-27-23-31-19-13-15-21-33(31)29-35)2-4-6-8-10-12-18-26-36-28-24-32-20-14-16-22-34(32)30-36;;/h13-16,19-24,27-30H,1-12,17-18,25-26H2;2*1H/q+2;;/p-2. The number of fused-ring (bicyclic) bond motifs is 2. The number of benzene rings is 2. The van der Waals surface area contributed by atoms with E-state index >= 15 is 0 Å². The van der Waals surface area contributed by atoms with Crippen LogP contribution in [0.2, 0.25) is 0 Å². The van der Waals surface area contributed by atoms with Crippen molar-refractivity contribution in [3.05, 3.63) is 85.5 Å². The first-order chi connectivity index (χ1) is 17.9. The Morgan fingerprint density at radius 1 is 0.342 bits per heavy atom. The van der Waals surface area contributed by atoms with Gasteiger partial charge in [0, 0.05) is 35.7 Å². The molecule has 0 saturated carbocycles. The molecule has 38 heavy (non-hydrogen) atoms. The fourth-order valence-electron chi connectivity index (χ4n) is 5.34. The van der Waals surface area contributed by atoms with Crippen molar-refractivity contribution in [3.63, 3.8) is 0 Å². The minimum atomic E-state index is 0. The lowest BCUT2D eigenvalue weighted by molar-refractivity contribution is -0.696. The maximum Gasteiger partial charge on any atom is 0.176 e. The van der Waals surface area contributed by atoms with Gasteiger partial charge >= 0.3 is 0 Å². The predicted molar refractivity (Wildman–Crippen MR) is 153 cm³/mol. The molecule has 0 aliphatic rings. The van der Waals surface area contributed by atoms with Crippen LogP contribution in [0, 0.1) is 0 Å². The molecule has 4 heteroatoms. The van der Waals surface area contributed by atoms with E-state index in [4.69, 9.17) is 0 Å². The van der Waals surface area contributed by atoms with Crippen LogP contribution in [0.4, 0.5) is 0 Å². The largest absolute Gasteiger partial charge is 1.00 e. The number of unbranched alkanes of at least 4 members (excludes halogenated alkanes) is 13. The molecule has 0 radical (unpaired) electrons. The summed E-state index contributed by atoms with van der Waals surface area (Å²) in [6.45, 7) is 2.29. The zero-order valence-electron chi connectivity index (χ0n) is 23.0. The third-order valence-electron chi connectivity index (χ3n) is 7.58. The third-order valence-corrected chi connectivity index (χ3v) is 7.58. The van der Waals surface area contributed by atoms with Gasteiger partial charge in [-0.05, 0) is 35.7 Å². The lowest BCUT2D eigenvalue weighted by Crippen LogP contribution is -3.00. The van der Waals surface area contributed by atoms with Crippen LogP contribution in [0.3, 0.4) is 0 Å². The van der Waals surface area contributed by atoms with Crippen LogP contribution in [-0.2, 0) is 13.1 Å². The molecule has 0 aliphatic carbocycles. The molecule has 2 aromatic heterocycles. The summed E-state index contributed by atoms with van der Waals surface area (Å²) in [6.07, 6.45) is 28.6. The number of rotatable bonds is 17. The van der Waals surface area contributed by atoms with Gasteiger partial charge in [0.25, 0.3) is 0 Å². The minimum Gasteiger partial charge on any atom is -1.00 e. The van der Waals surface area contributed by atoms with E-state index in [1.165, 1.54) is 111 Å². The second-order valence-electron chi connectivity index (χ2n) is 10.6. The molecule has 4 aromatic rings. The molecular formula is C34H46Cl2N2. The van der Waals surface area contributed by atoms with Gasteiger partial charge in [-0.3, -0.25) is 0 Å². The first-order valence-corrected chi connectivity index (χ1v) is 14.6. The summed E-state index contributed by atoms with van der Waals surface area (Å²) in [5, 5.41) is 5.36. The highest BCUT2D eigenvalue weighted by molar-refractivity contribution is 5.80. The first-order valence-electron chi connectivity index (χ1n) is 14.6. The van der Waals surface area contributed by atoms with Crippen molar-refractivity contribution < 1.29 is 33.9 Å². The minimum absolute atomic E-state index is 0. The molecule has 4 rings (SSSR count). The molecule has 2 aromatic carbocycles. The highest BCUT2D eigenvalue weighted by atomic mass is 35.5. The zero-order chi connectivity index (χ0) is 24.7. The summed E-state index contributed by atoms with van der Waals surface area (Å²) in [5.41, 5.74) is 0. The topological polar surface area (TPSA) is 7.76 Å². The fourth-order valence-corrected chi connectivity index (χ4v) is 5.34. The summed E-state index contributed by atoms with van der Waals surface area (Å²) < 4.78 is 4.71. The summed E-state index contributed by atoms with van der Waals surface area (Å²) in [4.78, 5) is 0. The van der Waals surface area contributed by atoms with Gasteiger partial charge in [0.15, 0.2) is 24.8 Å². The Bertz CT molecular complexity index is 1080. The normalized spacial score (nSPS) is 10.8. The van der Waals surface area contributed by atoms with Crippen molar-refractivity contribution in [2.24, 2.45) is 0 Å². The van der Waals surface area contributed by atoms with E-state index in [2.05, 4.69) is 94.6 Å². The van der Waals surface area contributed by atoms with Crippen molar-refractivity contribution in [1.82, 2.24) is 0 Å². The van der Waals surface area contributed by atoms with Crippen molar-refractivity contribution >= 4 is 21.5 Å². The maximum atomic E-state index is 2.35. The van der Waals surface area contributed by atoms with Crippen LogP contribution in [0.25, 0.3) is 21.5 Å². The summed E-state index contributed by atoms with van der Waals surface area (Å²) in [5.74, 6) is 0. The van der Waals surface area contributed by atoms with Crippen LogP contribution in [0.5, 0.6) is 0 Å². The molecule has 2 nitrogen and oxygen atoms in total. The van der Waals surface area contributed by atoms with Crippen LogP contribution in [0.15, 0.2) is 85.5 Å². The molecule has 0 bridgehead atoms. The van der Waals surface area contributed by atoms with Gasteiger partial charge in [-0.25, -0.2) is 9.13 Å². The molecule has 0 amide bonds. The molecule has 0 fully saturated rings. The smallest absolute Gasteiger partial charge is 0.176 e. The average Bonchev–Trinajstić information content (AvgIpc) is 2.92. The van der Waals surface area contributed by atoms with Gasteiger partial charge < -0.3 is 24.8 Å². The number of hydrogen-bond donors (Lipinski definition) is 0. The number of nitrogens with zero attached hydrogens (tertiary/aromatic N) is 2. The highest BCUT2D eigenvalue weighted by Gasteiger charge is 2.04. The van der Waals surface area contributed by atoms with Crippen LogP contribution < -0.4 is 33.9 Å². The first kappa shape index (κ1) is 32.1. The second-order valence-corrected chi connectivity index (χ2v) is 10.6. The van der Waals surface area contributed by atoms with E-state index in [0.29, 0.717) is 0 Å². The third kappa shape index (κ3) is 11.3. The Hall–Kier alpha value is -2.16. The van der Waals surface area contributed by atoms with Crippen molar-refractivity contribution in [2.75, 3.05) is 0 Å². The Morgan fingerprint density at radius 2 is 0.632 bits per heavy atom. The van der Waals surface area contributed by atoms with Gasteiger partial charge in [0.1, 0.15) is 13.1 Å². The molecule has 0 spiro atoms. The van der Waals surface area contributed by atoms with E-state index in [1.807, 2.05) is 0 Å². The molecule has 206 valence electrons. The molecule has 0 aliphatic heterocycles. The molecule has 0 atom stereocenters. The van der Waals surface area contributed by atoms with E-state index in [0.717, 1.165) is 13.1 Å². The van der Waals surface area contributed by atoms with Gasteiger partial charge in [0.05, 0.1) is 0 Å². The van der Waals surface area contributed by atoms with E-state index in [1.54, 1.807) is 0 Å². The lowest BCUT2D eigenvalue weighted by Gasteiger charge is -2.03. The van der Waals surface area contributed by atoms with E-state index in [9.17, 15) is 0 Å². The number of halogens is 2. The molecule has 0 N–H and O–H groups in total. The van der Waals surface area contributed by atoms with E-state index < -0.39 is 0 Å². The average molecular weight is 554 g/mol. The Balaban J connectivity index is 0.00000253. The molecule has 0 unspecified atom stereocenters. The van der Waals surface area contributed by atoms with Crippen molar-refractivity contribution in [2.45, 2.75) is 103 Å². The number of aromatic nitrogens is 2. The summed E-state index contributed by atoms with van der Waals surface area (Å²) in [6, 6.07) is 21.7. The van der Waals surface area contributed by atoms with Crippen LogP contribution in [0.1, 0.15) is 89.9 Å². The molecule has 2 heterocycles. The Labute approximate surface area is 243 Å². The Morgan fingerprint density at radius 3 is 0.974 bits per heavy atom. The maximum absolute atomic E-state index is 2.35. The van der Waals surface area contributed by atoms with Crippen LogP contribution >= 0.6 is 0 Å². The summed E-state index contributed by atoms with van der Waals surface area (Å²) >= 11 is 0. The quantitative estimate of drug-likeness (QED) is 0.140. The van der Waals surface area contributed by atoms with Gasteiger partial charge in [-0.15, -0.1) is 0 Å².